The van der Waals surface area contributed by atoms with Gasteiger partial charge in [-0.25, -0.2) is 4.98 Å². The Kier molecular flexibility index (Phi) is 4.94. The maximum Gasteiger partial charge on any atom is 0.142 e. The molecule has 0 radical (unpaired) electrons. The van der Waals surface area contributed by atoms with Crippen molar-refractivity contribution in [3.63, 3.8) is 0 Å². The van der Waals surface area contributed by atoms with E-state index in [1.807, 2.05) is 12.3 Å². The zero-order chi connectivity index (χ0) is 26.1. The van der Waals surface area contributed by atoms with E-state index in [1.165, 1.54) is 50.0 Å². The van der Waals surface area contributed by atoms with Crippen LogP contribution in [0.4, 0.5) is 17.1 Å². The van der Waals surface area contributed by atoms with Crippen molar-refractivity contribution in [2.75, 3.05) is 16.8 Å². The van der Waals surface area contributed by atoms with Gasteiger partial charge in [0.25, 0.3) is 0 Å². The lowest BCUT2D eigenvalue weighted by atomic mass is 10.0. The molecule has 4 aliphatic rings. The molecule has 5 aromatic rings. The first-order valence-electron chi connectivity index (χ1n) is 13.5. The maximum atomic E-state index is 5.53. The largest absolute Gasteiger partial charge is 0.344 e. The number of anilines is 3. The third-order valence-corrected chi connectivity index (χ3v) is 8.53. The summed E-state index contributed by atoms with van der Waals surface area (Å²) in [5.41, 5.74) is 11.2. The van der Waals surface area contributed by atoms with E-state index < -0.39 is 0 Å². The fourth-order valence-corrected chi connectivity index (χ4v) is 6.75. The molecule has 190 valence electrons. The molecule has 9 rings (SSSR count). The van der Waals surface area contributed by atoms with Crippen molar-refractivity contribution in [3.8, 4) is 11.4 Å². The van der Waals surface area contributed by atoms with Crippen LogP contribution in [0.3, 0.4) is 0 Å². The van der Waals surface area contributed by atoms with Gasteiger partial charge in [-0.1, -0.05) is 48.6 Å². The lowest BCUT2D eigenvalue weighted by molar-refractivity contribution is 0.977. The minimum absolute atomic E-state index is 0.823. The molecule has 0 saturated heterocycles. The summed E-state index contributed by atoms with van der Waals surface area (Å²) in [4.78, 5) is 7.85. The number of thiocarbonyl (C=S) groups is 1. The predicted octanol–water partition coefficient (Wildman–Crippen LogP) is 5.54. The number of imidazole rings is 1. The average molecular weight is 526 g/mol. The molecule has 3 aliphatic heterocycles. The van der Waals surface area contributed by atoms with Crippen LogP contribution >= 0.6 is 12.2 Å². The van der Waals surface area contributed by atoms with Crippen molar-refractivity contribution >= 4 is 45.9 Å². The van der Waals surface area contributed by atoms with Crippen LogP contribution in [0, 0.1) is 6.92 Å². The summed E-state index contributed by atoms with van der Waals surface area (Å²) in [6.07, 6.45) is 11.7. The molecule has 0 amide bonds. The van der Waals surface area contributed by atoms with Gasteiger partial charge in [0.1, 0.15) is 10.8 Å². The van der Waals surface area contributed by atoms with Crippen molar-refractivity contribution in [2.24, 2.45) is 0 Å². The topological polar surface area (TPSA) is 38.0 Å². The summed E-state index contributed by atoms with van der Waals surface area (Å²) >= 11 is 5.53. The molecule has 0 atom stereocenters. The number of para-hydroxylation sites is 3. The number of fused-ring (bicyclic) bond motifs is 7. The predicted molar refractivity (Wildman–Crippen MR) is 162 cm³/mol. The summed E-state index contributed by atoms with van der Waals surface area (Å²) in [6, 6.07) is 23.6. The first-order chi connectivity index (χ1) is 19.2. The van der Waals surface area contributed by atoms with Crippen LogP contribution in [0.1, 0.15) is 35.4 Å². The SMILES string of the molecule is Cc1ccc2c(c1)-n1ccc3c1=C(CCC=3)c1nccn1-2.S=C1Nc2ccccc2N2CCc3cccc1c32. The molecule has 2 aromatic heterocycles. The zero-order valence-electron chi connectivity index (χ0n) is 21.7. The van der Waals surface area contributed by atoms with E-state index >= 15 is 0 Å². The zero-order valence-corrected chi connectivity index (χ0v) is 22.5. The van der Waals surface area contributed by atoms with Crippen LogP contribution in [-0.4, -0.2) is 25.7 Å². The molecule has 1 N–H and O–H groups in total. The standard InChI is InChI=1S/C18H15N3.C15H12N2S/c1-12-5-6-15-16(11-12)20-9-7-13-3-2-4-14(17(13)20)18-19-8-10-21(15)18;18-15-11-5-3-4-10-8-9-17(14(10)11)13-7-2-1-6-12(13)16-15/h3,5-11H,2,4H2,1H3;1-7H,8-9H2,(H,16,18). The Hall–Kier alpha value is -4.42. The van der Waals surface area contributed by atoms with Gasteiger partial charge in [-0.05, 0) is 78.9 Å². The highest BCUT2D eigenvalue weighted by molar-refractivity contribution is 7.81. The molecule has 0 saturated carbocycles. The van der Waals surface area contributed by atoms with Gasteiger partial charge >= 0.3 is 0 Å². The smallest absolute Gasteiger partial charge is 0.142 e. The van der Waals surface area contributed by atoms with Crippen molar-refractivity contribution in [2.45, 2.75) is 26.2 Å². The van der Waals surface area contributed by atoms with Crippen LogP contribution in [-0.2, 0) is 6.42 Å². The number of rotatable bonds is 0. The van der Waals surface area contributed by atoms with Crippen molar-refractivity contribution in [1.29, 1.82) is 0 Å². The molecule has 0 spiro atoms. The molecule has 0 unspecified atom stereocenters. The summed E-state index contributed by atoms with van der Waals surface area (Å²) in [5, 5.41) is 6.01. The summed E-state index contributed by atoms with van der Waals surface area (Å²) in [6.45, 7) is 3.18. The lowest BCUT2D eigenvalue weighted by Gasteiger charge is -2.20. The maximum absolute atomic E-state index is 5.53. The molecular formula is C33H27N5S. The number of nitrogens with one attached hydrogen (secondary N) is 1. The first kappa shape index (κ1) is 22.6. The second-order valence-corrected chi connectivity index (χ2v) is 10.9. The molecule has 5 nitrogen and oxygen atoms in total. The molecule has 39 heavy (non-hydrogen) atoms. The van der Waals surface area contributed by atoms with E-state index in [2.05, 4.69) is 110 Å². The van der Waals surface area contributed by atoms with Gasteiger partial charge in [-0.3, -0.25) is 4.57 Å². The number of nitrogens with zero attached hydrogens (tertiary/aromatic N) is 4. The minimum atomic E-state index is 0.823. The third kappa shape index (κ3) is 3.38. The lowest BCUT2D eigenvalue weighted by Crippen LogP contribution is -2.32. The normalized spacial score (nSPS) is 15.3. The third-order valence-electron chi connectivity index (χ3n) is 8.20. The number of aromatic nitrogens is 3. The van der Waals surface area contributed by atoms with Gasteiger partial charge in [-0.2, -0.15) is 0 Å². The van der Waals surface area contributed by atoms with Gasteiger partial charge in [0, 0.05) is 36.3 Å². The van der Waals surface area contributed by atoms with E-state index in [9.17, 15) is 0 Å². The molecule has 1 aliphatic carbocycles. The molecular weight excluding hydrogens is 498 g/mol. The van der Waals surface area contributed by atoms with Gasteiger partial charge in [0.05, 0.1) is 33.8 Å². The Morgan fingerprint density at radius 1 is 0.872 bits per heavy atom. The number of hydrogen-bond acceptors (Lipinski definition) is 3. The van der Waals surface area contributed by atoms with Crippen molar-refractivity contribution < 1.29 is 0 Å². The van der Waals surface area contributed by atoms with E-state index in [0.717, 1.165) is 47.9 Å². The van der Waals surface area contributed by atoms with E-state index in [-0.39, 0.29) is 0 Å². The molecule has 6 heteroatoms. The van der Waals surface area contributed by atoms with Crippen LogP contribution in [0.15, 0.2) is 85.3 Å². The van der Waals surface area contributed by atoms with Crippen LogP contribution in [0.25, 0.3) is 23.0 Å². The van der Waals surface area contributed by atoms with Crippen LogP contribution in [0.2, 0.25) is 0 Å². The monoisotopic (exact) mass is 525 g/mol. The van der Waals surface area contributed by atoms with Gasteiger partial charge in [-0.15, -0.1) is 0 Å². The molecule has 5 heterocycles. The summed E-state index contributed by atoms with van der Waals surface area (Å²) in [7, 11) is 0. The van der Waals surface area contributed by atoms with Crippen molar-refractivity contribution in [1.82, 2.24) is 14.1 Å². The summed E-state index contributed by atoms with van der Waals surface area (Å²) in [5.74, 6) is 1.09. The van der Waals surface area contributed by atoms with Crippen molar-refractivity contribution in [3.05, 3.63) is 118 Å². The summed E-state index contributed by atoms with van der Waals surface area (Å²) < 4.78 is 4.56. The quantitative estimate of drug-likeness (QED) is 0.270. The fraction of sp³-hybridized carbons (Fsp3) is 0.152. The first-order valence-corrected chi connectivity index (χ1v) is 13.9. The highest BCUT2D eigenvalue weighted by Gasteiger charge is 2.29. The molecule has 0 bridgehead atoms. The molecule has 3 aromatic carbocycles. The van der Waals surface area contributed by atoms with Crippen LogP contribution in [0.5, 0.6) is 0 Å². The Morgan fingerprint density at radius 3 is 2.74 bits per heavy atom. The number of aryl methyl sites for hydroxylation is 1. The van der Waals surface area contributed by atoms with E-state index in [0.29, 0.717) is 0 Å². The Morgan fingerprint density at radius 2 is 1.79 bits per heavy atom. The van der Waals surface area contributed by atoms with E-state index in [1.54, 1.807) is 0 Å². The van der Waals surface area contributed by atoms with Crippen LogP contribution < -0.4 is 20.8 Å². The number of benzene rings is 3. The Bertz CT molecular complexity index is 1940. The van der Waals surface area contributed by atoms with Gasteiger partial charge in [0.15, 0.2) is 0 Å². The van der Waals surface area contributed by atoms with Gasteiger partial charge in [0.2, 0.25) is 0 Å². The van der Waals surface area contributed by atoms with E-state index in [4.69, 9.17) is 12.2 Å². The minimum Gasteiger partial charge on any atom is -0.344 e. The molecule has 0 fully saturated rings. The highest BCUT2D eigenvalue weighted by Crippen LogP contribution is 2.43. The Balaban J connectivity index is 0.000000122. The number of hydrogen-bond donors (Lipinski definition) is 1. The Labute approximate surface area is 232 Å². The second kappa shape index (κ2) is 8.55. The highest BCUT2D eigenvalue weighted by atomic mass is 32.1. The fourth-order valence-electron chi connectivity index (χ4n) is 6.48. The van der Waals surface area contributed by atoms with Gasteiger partial charge < -0.3 is 14.8 Å². The second-order valence-electron chi connectivity index (χ2n) is 10.5. The average Bonchev–Trinajstić information content (AvgIpc) is 3.69.